The van der Waals surface area contributed by atoms with Crippen LogP contribution in [0.3, 0.4) is 0 Å². The minimum Gasteiger partial charge on any atom is -0.336 e. The highest BCUT2D eigenvalue weighted by Crippen LogP contribution is 2.30. The number of fused-ring (bicyclic) bond motifs is 1. The highest BCUT2D eigenvalue weighted by atomic mass is 35.5. The molecule has 2 aromatic rings. The molecule has 1 aliphatic rings. The van der Waals surface area contributed by atoms with Crippen molar-refractivity contribution in [2.75, 3.05) is 5.32 Å². The average Bonchev–Trinajstić information content (AvgIpc) is 2.79. The molecule has 9 heteroatoms. The van der Waals surface area contributed by atoms with E-state index in [1.165, 1.54) is 30.5 Å². The molecule has 0 aliphatic carbocycles. The lowest BCUT2D eigenvalue weighted by molar-refractivity contribution is -0.384. The number of hydrogen-bond acceptors (Lipinski definition) is 5. The molecule has 3 rings (SSSR count). The Morgan fingerprint density at radius 2 is 2.00 bits per heavy atom. The molecule has 0 spiro atoms. The number of hydrogen-bond donors (Lipinski definition) is 2. The molecule has 0 radical (unpaired) electrons. The number of non-ortho nitro benzene ring substituents is 1. The maximum absolute atomic E-state index is 12.3. The molecule has 2 aromatic carbocycles. The number of amides is 2. The van der Waals surface area contributed by atoms with Crippen LogP contribution in [-0.4, -0.2) is 29.0 Å². The van der Waals surface area contributed by atoms with Crippen LogP contribution in [0.25, 0.3) is 6.08 Å². The van der Waals surface area contributed by atoms with E-state index in [0.717, 1.165) is 5.56 Å². The van der Waals surface area contributed by atoms with Gasteiger partial charge in [-0.25, -0.2) is 0 Å². The van der Waals surface area contributed by atoms with E-state index in [2.05, 4.69) is 15.6 Å². The smallest absolute Gasteiger partial charge is 0.271 e. The second kappa shape index (κ2) is 7.79. The topological polar surface area (TPSA) is 114 Å². The summed E-state index contributed by atoms with van der Waals surface area (Å²) in [6.07, 6.45) is 4.14. The van der Waals surface area contributed by atoms with E-state index in [4.69, 9.17) is 11.6 Å². The van der Waals surface area contributed by atoms with Crippen molar-refractivity contribution in [2.24, 2.45) is 4.99 Å². The number of nitrogens with one attached hydrogen (secondary N) is 2. The highest BCUT2D eigenvalue weighted by molar-refractivity contribution is 6.30. The minimum atomic E-state index is -1.01. The zero-order valence-electron chi connectivity index (χ0n) is 13.8. The van der Waals surface area contributed by atoms with E-state index in [9.17, 15) is 19.7 Å². The summed E-state index contributed by atoms with van der Waals surface area (Å²) < 4.78 is 0. The first-order chi connectivity index (χ1) is 12.9. The van der Waals surface area contributed by atoms with Crippen molar-refractivity contribution < 1.29 is 14.5 Å². The standard InChI is InChI=1S/C18H13ClN4O4/c19-12-4-1-11(2-5-12)3-8-17(24)21-16-10-20-14-7-6-13(23(26)27)9-15(14)22-18(16)25/h1-10,16H,(H,21,24)(H,22,25)/b8-3+/t16-/m0/s1. The van der Waals surface area contributed by atoms with Crippen molar-refractivity contribution in [2.45, 2.75) is 6.04 Å². The first-order valence-corrected chi connectivity index (χ1v) is 8.18. The molecule has 0 aromatic heterocycles. The number of halogens is 1. The van der Waals surface area contributed by atoms with Crippen LogP contribution in [0.15, 0.2) is 53.5 Å². The fourth-order valence-corrected chi connectivity index (χ4v) is 2.46. The molecular formula is C18H13ClN4O4. The Morgan fingerprint density at radius 3 is 2.70 bits per heavy atom. The summed E-state index contributed by atoms with van der Waals surface area (Å²) in [5.74, 6) is -1.04. The molecular weight excluding hydrogens is 372 g/mol. The lowest BCUT2D eigenvalue weighted by Gasteiger charge is -2.11. The maximum atomic E-state index is 12.3. The molecule has 1 atom stereocenters. The number of carbonyl (C=O) groups excluding carboxylic acids is 2. The number of aliphatic imine (C=N–C) groups is 1. The van der Waals surface area contributed by atoms with E-state index < -0.39 is 22.8 Å². The van der Waals surface area contributed by atoms with Gasteiger partial charge in [0.25, 0.3) is 11.6 Å². The number of carbonyl (C=O) groups is 2. The predicted molar refractivity (Wildman–Crippen MR) is 102 cm³/mol. The normalized spacial score (nSPS) is 15.7. The average molecular weight is 385 g/mol. The Balaban J connectivity index is 1.69. The van der Waals surface area contributed by atoms with Gasteiger partial charge in [-0.2, -0.15) is 0 Å². The number of nitro groups is 1. The summed E-state index contributed by atoms with van der Waals surface area (Å²) in [6.45, 7) is 0. The third-order valence-electron chi connectivity index (χ3n) is 3.69. The zero-order chi connectivity index (χ0) is 19.4. The van der Waals surface area contributed by atoms with Gasteiger partial charge in [0.15, 0.2) is 0 Å². The molecule has 0 saturated heterocycles. The lowest BCUT2D eigenvalue weighted by Crippen LogP contribution is -2.43. The summed E-state index contributed by atoms with van der Waals surface area (Å²) in [7, 11) is 0. The van der Waals surface area contributed by atoms with Crippen molar-refractivity contribution in [3.63, 3.8) is 0 Å². The predicted octanol–water partition coefficient (Wildman–Crippen LogP) is 3.10. The van der Waals surface area contributed by atoms with Gasteiger partial charge in [0.1, 0.15) is 6.04 Å². The molecule has 136 valence electrons. The molecule has 0 unspecified atom stereocenters. The third kappa shape index (κ3) is 4.56. The van der Waals surface area contributed by atoms with Crippen LogP contribution >= 0.6 is 11.6 Å². The number of rotatable bonds is 4. The summed E-state index contributed by atoms with van der Waals surface area (Å²) in [5.41, 5.74) is 1.17. The van der Waals surface area contributed by atoms with Gasteiger partial charge in [-0.05, 0) is 29.8 Å². The number of nitro benzene ring substituents is 1. The summed E-state index contributed by atoms with van der Waals surface area (Å²) >= 11 is 5.80. The number of anilines is 1. The van der Waals surface area contributed by atoms with Gasteiger partial charge < -0.3 is 10.6 Å². The first kappa shape index (κ1) is 18.3. The highest BCUT2D eigenvalue weighted by Gasteiger charge is 2.23. The fourth-order valence-electron chi connectivity index (χ4n) is 2.33. The molecule has 0 saturated carbocycles. The molecule has 1 aliphatic heterocycles. The van der Waals surface area contributed by atoms with E-state index in [0.29, 0.717) is 10.7 Å². The minimum absolute atomic E-state index is 0.169. The Kier molecular flexibility index (Phi) is 5.28. The summed E-state index contributed by atoms with van der Waals surface area (Å²) in [5, 5.41) is 16.5. The molecule has 0 bridgehead atoms. The van der Waals surface area contributed by atoms with Gasteiger partial charge in [0, 0.05) is 29.4 Å². The monoisotopic (exact) mass is 384 g/mol. The zero-order valence-corrected chi connectivity index (χ0v) is 14.5. The summed E-state index contributed by atoms with van der Waals surface area (Å²) in [4.78, 5) is 38.8. The molecule has 2 amide bonds. The van der Waals surface area contributed by atoms with Gasteiger partial charge in [-0.15, -0.1) is 0 Å². The third-order valence-corrected chi connectivity index (χ3v) is 3.94. The molecule has 0 fully saturated rings. The van der Waals surface area contributed by atoms with Gasteiger partial charge in [0.2, 0.25) is 5.91 Å². The Hall–Kier alpha value is -3.52. The fraction of sp³-hybridized carbons (Fsp3) is 0.0556. The lowest BCUT2D eigenvalue weighted by atomic mass is 10.2. The van der Waals surface area contributed by atoms with E-state index >= 15 is 0 Å². The van der Waals surface area contributed by atoms with E-state index in [1.54, 1.807) is 30.3 Å². The Labute approximate surface area is 158 Å². The molecule has 27 heavy (non-hydrogen) atoms. The van der Waals surface area contributed by atoms with E-state index in [1.807, 2.05) is 0 Å². The van der Waals surface area contributed by atoms with Gasteiger partial charge in [-0.3, -0.25) is 24.7 Å². The SMILES string of the molecule is O=C(/C=C/c1ccc(Cl)cc1)N[C@H]1C=Nc2ccc([N+](=O)[O-])cc2NC1=O. The second-order valence-corrected chi connectivity index (χ2v) is 6.03. The van der Waals surface area contributed by atoms with Crippen molar-refractivity contribution in [1.82, 2.24) is 5.32 Å². The van der Waals surface area contributed by atoms with E-state index in [-0.39, 0.29) is 11.4 Å². The van der Waals surface area contributed by atoms with Crippen LogP contribution in [0.2, 0.25) is 5.02 Å². The van der Waals surface area contributed by atoms with Crippen LogP contribution in [-0.2, 0) is 9.59 Å². The Bertz CT molecular complexity index is 970. The largest absolute Gasteiger partial charge is 0.336 e. The van der Waals surface area contributed by atoms with Crippen molar-refractivity contribution >= 4 is 52.8 Å². The van der Waals surface area contributed by atoms with Crippen molar-refractivity contribution in [3.8, 4) is 0 Å². The quantitative estimate of drug-likeness (QED) is 0.479. The molecule has 8 nitrogen and oxygen atoms in total. The van der Waals surface area contributed by atoms with Crippen molar-refractivity contribution in [3.05, 3.63) is 69.2 Å². The first-order valence-electron chi connectivity index (χ1n) is 7.80. The summed E-state index contributed by atoms with van der Waals surface area (Å²) in [6, 6.07) is 9.80. The van der Waals surface area contributed by atoms with Gasteiger partial charge in [0.05, 0.1) is 16.3 Å². The Morgan fingerprint density at radius 1 is 1.26 bits per heavy atom. The molecule has 1 heterocycles. The molecule has 2 N–H and O–H groups in total. The van der Waals surface area contributed by atoms with Crippen molar-refractivity contribution in [1.29, 1.82) is 0 Å². The van der Waals surface area contributed by atoms with Gasteiger partial charge >= 0.3 is 0 Å². The van der Waals surface area contributed by atoms with Gasteiger partial charge in [-0.1, -0.05) is 23.7 Å². The van der Waals surface area contributed by atoms with Crippen LogP contribution < -0.4 is 10.6 Å². The van der Waals surface area contributed by atoms with Crippen LogP contribution in [0.4, 0.5) is 17.1 Å². The maximum Gasteiger partial charge on any atom is 0.271 e. The number of benzene rings is 2. The van der Waals surface area contributed by atoms with Crippen LogP contribution in [0.5, 0.6) is 0 Å². The number of nitrogens with zero attached hydrogens (tertiary/aromatic N) is 2. The second-order valence-electron chi connectivity index (χ2n) is 5.60. The van der Waals surface area contributed by atoms with Crippen LogP contribution in [0.1, 0.15) is 5.56 Å². The van der Waals surface area contributed by atoms with Crippen LogP contribution in [0, 0.1) is 10.1 Å².